The second kappa shape index (κ2) is 79.1. The van der Waals surface area contributed by atoms with Gasteiger partial charge >= 0.3 is 517 Å². The van der Waals surface area contributed by atoms with Crippen LogP contribution in [0.5, 0.6) is 0 Å². The van der Waals surface area contributed by atoms with Crippen molar-refractivity contribution in [3.8, 4) is 0 Å². The topological polar surface area (TPSA) is 348 Å². The smallest absolute Gasteiger partial charge is 0.182 e. The van der Waals surface area contributed by atoms with Gasteiger partial charge in [0, 0.05) is 88.6 Å². The van der Waals surface area contributed by atoms with Gasteiger partial charge in [-0.3, -0.25) is 4.90 Å². The third-order valence-electron chi connectivity index (χ3n) is 24.4. The fraction of sp³-hybridized carbons (Fsp3) is 0.730. The zero-order valence-corrected chi connectivity index (χ0v) is 84.7. The average molecular weight is 1950 g/mol. The molecule has 0 bridgehead atoms. The Kier molecular flexibility index (Phi) is 69.7. The quantitative estimate of drug-likeness (QED) is 0.0252. The van der Waals surface area contributed by atoms with Gasteiger partial charge in [-0.1, -0.05) is 40.2 Å². The van der Waals surface area contributed by atoms with Gasteiger partial charge in [0.15, 0.2) is 10.3 Å². The molecule has 5 fully saturated rings. The van der Waals surface area contributed by atoms with Crippen LogP contribution in [0.4, 0.5) is 10.3 Å². The molecule has 0 radical (unpaired) electrons. The molecular weight excluding hydrogens is 1790 g/mol. The fourth-order valence-corrected chi connectivity index (χ4v) is 17.9. The number of hydrogen-bond donors (Lipinski definition) is 13. The minimum absolute atomic E-state index is 0.400. The predicted octanol–water partition coefficient (Wildman–Crippen LogP) is 2.25. The minimum Gasteiger partial charge on any atom is -0.357 e. The molecule has 134 heavy (non-hydrogen) atoms. The molecule has 5 aromatic rings. The van der Waals surface area contributed by atoms with E-state index in [1.165, 1.54) is 59.1 Å². The van der Waals surface area contributed by atoms with Crippen LogP contribution in [0.1, 0.15) is 97.6 Å². The summed E-state index contributed by atoms with van der Waals surface area (Å²) in [6.07, 6.45) is 16.6. The van der Waals surface area contributed by atoms with Crippen molar-refractivity contribution < 1.29 is 43.3 Å². The number of thiazole rings is 2. The molecule has 0 spiro atoms. The first-order chi connectivity index (χ1) is 65.7. The second-order valence-corrected chi connectivity index (χ2v) is 37.5. The number of anilines is 2. The normalized spacial score (nSPS) is 19.5. The van der Waals surface area contributed by atoms with Gasteiger partial charge < -0.3 is 47.9 Å². The van der Waals surface area contributed by atoms with Gasteiger partial charge in [-0.2, -0.15) is 0 Å². The number of benzene rings is 3. The maximum atomic E-state index is 11.2. The minimum atomic E-state index is -0.512. The molecule has 7 heterocycles. The van der Waals surface area contributed by atoms with Crippen molar-refractivity contribution >= 4 is 113 Å². The third-order valence-corrected chi connectivity index (χ3v) is 26.5. The van der Waals surface area contributed by atoms with Crippen molar-refractivity contribution in [3.63, 3.8) is 0 Å². The van der Waals surface area contributed by atoms with Crippen LogP contribution in [-0.4, -0.2) is 448 Å². The molecule has 5 aliphatic rings. The Morgan fingerprint density at radius 2 is 0.530 bits per heavy atom. The van der Waals surface area contributed by atoms with Crippen LogP contribution in [0.3, 0.4) is 0 Å². The first-order valence-electron chi connectivity index (χ1n) is 49.8. The van der Waals surface area contributed by atoms with Crippen molar-refractivity contribution in [1.82, 2.24) is 111 Å². The molecule has 0 atom stereocenters. The van der Waals surface area contributed by atoms with Crippen LogP contribution in [0.15, 0.2) is 96.0 Å². The fourth-order valence-electron chi connectivity index (χ4n) is 16.5. The Labute approximate surface area is 825 Å². The number of nitrogens with zero attached hydrogens (tertiary/aromatic N) is 14. The van der Waals surface area contributed by atoms with Crippen LogP contribution in [0, 0.1) is 0 Å². The van der Waals surface area contributed by atoms with Gasteiger partial charge in [0.25, 0.3) is 0 Å². The summed E-state index contributed by atoms with van der Waals surface area (Å²) in [6.45, 7) is 47.0. The van der Waals surface area contributed by atoms with Crippen LogP contribution in [-0.2, 0) is 66.3 Å². The van der Waals surface area contributed by atoms with Crippen molar-refractivity contribution in [3.05, 3.63) is 129 Å². The van der Waals surface area contributed by atoms with Crippen LogP contribution in [0.2, 0.25) is 20.5 Å². The molecule has 0 aliphatic carbocycles. The Balaban J connectivity index is 0.000000265. The summed E-state index contributed by atoms with van der Waals surface area (Å²) in [7, 11) is 4.25. The van der Waals surface area contributed by atoms with E-state index in [4.69, 9.17) is 0 Å². The van der Waals surface area contributed by atoms with Gasteiger partial charge in [-0.05, 0) is 89.2 Å². The van der Waals surface area contributed by atoms with E-state index in [-0.39, 0.29) is 0 Å². The summed E-state index contributed by atoms with van der Waals surface area (Å²) in [4.78, 5) is 35.2. The van der Waals surface area contributed by atoms with E-state index < -0.39 is 21.2 Å². The molecule has 5 saturated heterocycles. The molecule has 738 valence electrons. The standard InChI is InChI=1S/C24H39B3N6O3S.C21H36B3BrN4O3.C21H34N6S.C13H29B3N4O3.C10H24N4/c1-27(36)33-12-3-11-32(21-26-35)14-13-31(20-25-34)10-2-9-30(15-16-33)19-23-6-4-22(5-7-23)18-29-24-28-8-17-37-24;1-24(32)29-11-3-10-28(19-23-31)13-12-27(18-22-30)9-2-8-26(14-15-29)17-21-6-4-20(16-25)5-7-21;1-7-22-10-11-23-9-2-14-27(15-12-24-8-1)18-20-5-3-19(4-6-20)17-26-21-25-13-16-28-21;1-16(23)20-8-3-7-19(13-15-22)11-10-18(12-14-21)6-2-4-17-5-9-20;1-3-11-7-9-13-5-2-6-14-10-8-12-4-1/h4-8,17,36H,2-3,9-16,18-21H2,1H3,(H,28,29);4-7,32H,2-3,8-19H2,1H3;3-6,13,16,22-24H,1-2,7-12,14-15,17-18H2,(H,25,26);17,23H,2-13H2,1H3;11-14H,1-10H2. The summed E-state index contributed by atoms with van der Waals surface area (Å²) in [5.41, 5.74) is 7.71. The molecule has 13 N–H and O–H groups in total. The zero-order valence-electron chi connectivity index (χ0n) is 81.5. The van der Waals surface area contributed by atoms with Gasteiger partial charge in [0.05, 0.1) is 0 Å². The molecule has 0 unspecified atom stereocenters. The van der Waals surface area contributed by atoms with Crippen molar-refractivity contribution in [2.24, 2.45) is 0 Å². The summed E-state index contributed by atoms with van der Waals surface area (Å²) in [5, 5.41) is 71.6. The molecule has 0 saturated carbocycles. The van der Waals surface area contributed by atoms with E-state index in [1.807, 2.05) is 30.6 Å². The first-order valence-corrected chi connectivity index (χ1v) is 52.7. The first kappa shape index (κ1) is 118. The summed E-state index contributed by atoms with van der Waals surface area (Å²) in [5.74, 6) is 0. The van der Waals surface area contributed by atoms with Crippen LogP contribution < -0.4 is 53.2 Å². The number of hydrogen-bond acceptors (Lipinski definition) is 35. The Morgan fingerprint density at radius 1 is 0.291 bits per heavy atom. The molecule has 3 aromatic carbocycles. The van der Waals surface area contributed by atoms with Gasteiger partial charge in [-0.25, -0.2) is 9.97 Å². The molecule has 45 heteroatoms. The number of halogens is 1. The van der Waals surface area contributed by atoms with Gasteiger partial charge in [-0.15, -0.1) is 22.7 Å². The monoisotopic (exact) mass is 1950 g/mol. The van der Waals surface area contributed by atoms with Crippen LogP contribution >= 0.6 is 38.6 Å². The van der Waals surface area contributed by atoms with Crippen molar-refractivity contribution in [2.75, 3.05) is 311 Å². The van der Waals surface area contributed by atoms with E-state index in [0.717, 1.165) is 392 Å². The average Bonchev–Trinajstić information content (AvgIpc) is 1.20. The maximum Gasteiger partial charge on any atom is 0.182 e. The molecule has 2 aromatic heterocycles. The van der Waals surface area contributed by atoms with Gasteiger partial charge in [0.1, 0.15) is 0 Å². The van der Waals surface area contributed by atoms with Crippen molar-refractivity contribution in [1.29, 1.82) is 0 Å². The second-order valence-electron chi connectivity index (χ2n) is 35.1. The summed E-state index contributed by atoms with van der Waals surface area (Å²) >= 11 is 6.74. The number of aromatic nitrogens is 2. The van der Waals surface area contributed by atoms with Crippen LogP contribution in [0.25, 0.3) is 0 Å². The molecular formula is C89H162B9BrN24O9S2. The van der Waals surface area contributed by atoms with E-state index in [9.17, 15) is 43.3 Å². The predicted molar refractivity (Wildman–Crippen MR) is 559 cm³/mol. The van der Waals surface area contributed by atoms with E-state index in [0.29, 0.717) is 38.7 Å². The van der Waals surface area contributed by atoms with E-state index in [2.05, 4.69) is 210 Å². The Bertz CT molecular complexity index is 3620. The third kappa shape index (κ3) is 58.0. The van der Waals surface area contributed by atoms with E-state index >= 15 is 0 Å². The Morgan fingerprint density at radius 3 is 0.821 bits per heavy atom. The molecule has 33 nitrogen and oxygen atoms in total. The van der Waals surface area contributed by atoms with Gasteiger partial charge in [0.2, 0.25) is 0 Å². The maximum absolute atomic E-state index is 11.2. The summed E-state index contributed by atoms with van der Waals surface area (Å²) in [6, 6.07) is 26.4. The SMILES string of the molecule is C1CNCCNCCCNCCNC1.CB(O)N1CCCN(CB=O)CCN(CB=O)CCCN(Cc2ccc(CBr)cc2)CC1.CB(O)N1CCCN(CB=O)CCN(CB=O)CCCN(Cc2ccc(CNc3nccs3)cc2)CC1.CB(O)N1CCCN(CB=O)CCN(CB=O)CCCNCC1.c1csc(NCc2ccc(CN3CCCNCCNCCCNCC3)cc2)n1. The number of alkyl halides is 1. The van der Waals surface area contributed by atoms with Crippen molar-refractivity contribution in [2.45, 2.75) is 123 Å². The summed E-state index contributed by atoms with van der Waals surface area (Å²) < 4.78 is 66.3. The number of rotatable bonds is 28. The molecule has 0 amide bonds. The molecule has 10 rings (SSSR count). The number of nitrogens with one attached hydrogen (secondary N) is 10. The largest absolute Gasteiger partial charge is 0.357 e. The Hall–Kier alpha value is -4.54. The zero-order chi connectivity index (χ0) is 95.6. The molecule has 5 aliphatic heterocycles. The van der Waals surface area contributed by atoms with E-state index in [1.54, 1.807) is 35.7 Å².